The Balaban J connectivity index is 1.47. The van der Waals surface area contributed by atoms with Crippen LogP contribution in [0.5, 0.6) is 0 Å². The average molecular weight is 477 g/mol. The zero-order valence-electron chi connectivity index (χ0n) is 19.0. The van der Waals surface area contributed by atoms with Crippen molar-refractivity contribution in [2.75, 3.05) is 27.2 Å². The van der Waals surface area contributed by atoms with E-state index in [0.29, 0.717) is 24.6 Å². The first kappa shape index (κ1) is 23.7. The molecule has 2 aromatic rings. The lowest BCUT2D eigenvalue weighted by Crippen LogP contribution is -2.57. The third-order valence-corrected chi connectivity index (χ3v) is 7.06. The van der Waals surface area contributed by atoms with Crippen LogP contribution in [0.2, 0.25) is 5.02 Å². The van der Waals surface area contributed by atoms with Gasteiger partial charge >= 0.3 is 0 Å². The molecule has 178 valence electrons. The number of rotatable bonds is 5. The number of likely N-dealkylation sites (tertiary alicyclic amines) is 1. The van der Waals surface area contributed by atoms with Crippen molar-refractivity contribution in [3.63, 3.8) is 0 Å². The number of hydrogen-bond acceptors (Lipinski definition) is 5. The van der Waals surface area contributed by atoms with E-state index in [2.05, 4.69) is 15.4 Å². The Labute approximate surface area is 198 Å². The van der Waals surface area contributed by atoms with Gasteiger partial charge in [0.25, 0.3) is 5.91 Å². The molecule has 1 saturated heterocycles. The molecule has 1 aliphatic carbocycles. The van der Waals surface area contributed by atoms with E-state index in [0.717, 1.165) is 6.54 Å². The molecule has 2 fully saturated rings. The number of piperidine rings is 1. The lowest BCUT2D eigenvalue weighted by Gasteiger charge is -2.43. The minimum atomic E-state index is -0.461. The van der Waals surface area contributed by atoms with Gasteiger partial charge in [-0.3, -0.25) is 14.5 Å². The van der Waals surface area contributed by atoms with Gasteiger partial charge < -0.3 is 14.7 Å². The zero-order valence-corrected chi connectivity index (χ0v) is 19.8. The second-order valence-corrected chi connectivity index (χ2v) is 9.60. The number of amides is 2. The molecule has 0 unspecified atom stereocenters. The van der Waals surface area contributed by atoms with Gasteiger partial charge in [-0.05, 0) is 37.5 Å². The first-order chi connectivity index (χ1) is 15.8. The lowest BCUT2D eigenvalue weighted by atomic mass is 9.86. The monoisotopic (exact) mass is 476 g/mol. The molecular weight excluding hydrogens is 447 g/mol. The summed E-state index contributed by atoms with van der Waals surface area (Å²) in [5, 5.41) is 7.05. The van der Waals surface area contributed by atoms with Crippen molar-refractivity contribution in [1.29, 1.82) is 0 Å². The van der Waals surface area contributed by atoms with Crippen molar-refractivity contribution < 1.29 is 18.5 Å². The van der Waals surface area contributed by atoms with Crippen molar-refractivity contribution in [1.82, 2.24) is 20.3 Å². The van der Waals surface area contributed by atoms with Crippen LogP contribution < -0.4 is 5.32 Å². The maximum atomic E-state index is 13.3. The molecule has 33 heavy (non-hydrogen) atoms. The molecule has 1 aromatic carbocycles. The Kier molecular flexibility index (Phi) is 7.34. The molecule has 2 aliphatic rings. The number of nitrogens with one attached hydrogen (secondary N) is 1. The van der Waals surface area contributed by atoms with Gasteiger partial charge in [-0.25, -0.2) is 4.39 Å². The molecular formula is C24H30ClFN4O3. The summed E-state index contributed by atoms with van der Waals surface area (Å²) in [7, 11) is 3.49. The van der Waals surface area contributed by atoms with Crippen molar-refractivity contribution in [2.24, 2.45) is 5.92 Å². The van der Waals surface area contributed by atoms with Crippen LogP contribution in [-0.2, 0) is 4.79 Å². The van der Waals surface area contributed by atoms with Crippen molar-refractivity contribution >= 4 is 23.4 Å². The van der Waals surface area contributed by atoms with Crippen LogP contribution in [-0.4, -0.2) is 66.0 Å². The standard InChI is InChI=1S/C24H30ClFN4O3/c1-29(2)24(32)18-14-30(16-6-4-3-5-7-16)11-10-20(18)27-23(31)21-13-22(33-28-21)17-9-8-15(26)12-19(17)25/h8-9,12-13,16,18,20H,3-7,10-11,14H2,1-2H3,(H,27,31)/t18-,20-/m1/s1. The molecule has 9 heteroatoms. The summed E-state index contributed by atoms with van der Waals surface area (Å²) in [6, 6.07) is 5.63. The van der Waals surface area contributed by atoms with Gasteiger partial charge in [0, 0.05) is 50.9 Å². The van der Waals surface area contributed by atoms with Gasteiger partial charge in [0.1, 0.15) is 5.82 Å². The van der Waals surface area contributed by atoms with E-state index in [9.17, 15) is 14.0 Å². The van der Waals surface area contributed by atoms with E-state index in [-0.39, 0.29) is 34.3 Å². The quantitative estimate of drug-likeness (QED) is 0.706. The predicted octanol–water partition coefficient (Wildman–Crippen LogP) is 3.98. The van der Waals surface area contributed by atoms with Gasteiger partial charge in [0.05, 0.1) is 10.9 Å². The Morgan fingerprint density at radius 3 is 2.64 bits per heavy atom. The highest BCUT2D eigenvalue weighted by atomic mass is 35.5. The summed E-state index contributed by atoms with van der Waals surface area (Å²) in [6.45, 7) is 1.49. The minimum Gasteiger partial charge on any atom is -0.355 e. The number of aromatic nitrogens is 1. The number of benzene rings is 1. The highest BCUT2D eigenvalue weighted by Gasteiger charge is 2.38. The summed E-state index contributed by atoms with van der Waals surface area (Å²) in [4.78, 5) is 30.0. The molecule has 0 spiro atoms. The van der Waals surface area contributed by atoms with E-state index >= 15 is 0 Å². The molecule has 1 aromatic heterocycles. The molecule has 1 aliphatic heterocycles. The third-order valence-electron chi connectivity index (χ3n) is 6.75. The van der Waals surface area contributed by atoms with Crippen molar-refractivity contribution in [3.05, 3.63) is 40.8 Å². The average Bonchev–Trinajstić information content (AvgIpc) is 3.29. The summed E-state index contributed by atoms with van der Waals surface area (Å²) in [6.07, 6.45) is 6.80. The van der Waals surface area contributed by atoms with Gasteiger partial charge in [0.15, 0.2) is 11.5 Å². The Morgan fingerprint density at radius 2 is 1.94 bits per heavy atom. The topological polar surface area (TPSA) is 78.7 Å². The van der Waals surface area contributed by atoms with E-state index in [1.54, 1.807) is 19.0 Å². The first-order valence-electron chi connectivity index (χ1n) is 11.5. The second-order valence-electron chi connectivity index (χ2n) is 9.20. The SMILES string of the molecule is CN(C)C(=O)[C@@H]1CN(C2CCCCC2)CC[C@H]1NC(=O)c1cc(-c2ccc(F)cc2Cl)on1. The van der Waals surface area contributed by atoms with Gasteiger partial charge in [-0.1, -0.05) is 36.0 Å². The molecule has 1 saturated carbocycles. The molecule has 0 bridgehead atoms. The molecule has 2 amide bonds. The Morgan fingerprint density at radius 1 is 1.18 bits per heavy atom. The molecule has 4 rings (SSSR count). The van der Waals surface area contributed by atoms with Crippen LogP contribution in [0.15, 0.2) is 28.8 Å². The zero-order chi connectivity index (χ0) is 23.5. The number of halogens is 2. The van der Waals surface area contributed by atoms with Crippen molar-refractivity contribution in [2.45, 2.75) is 50.6 Å². The lowest BCUT2D eigenvalue weighted by molar-refractivity contribution is -0.136. The van der Waals surface area contributed by atoms with Crippen LogP contribution in [0.1, 0.15) is 49.0 Å². The van der Waals surface area contributed by atoms with Crippen LogP contribution >= 0.6 is 11.6 Å². The third kappa shape index (κ3) is 5.38. The summed E-state index contributed by atoms with van der Waals surface area (Å²) in [5.74, 6) is -0.899. The predicted molar refractivity (Wildman–Crippen MR) is 123 cm³/mol. The fourth-order valence-corrected chi connectivity index (χ4v) is 5.21. The number of carbonyl (C=O) groups is 2. The van der Waals surface area contributed by atoms with Gasteiger partial charge in [-0.15, -0.1) is 0 Å². The van der Waals surface area contributed by atoms with Crippen LogP contribution in [0.25, 0.3) is 11.3 Å². The summed E-state index contributed by atoms with van der Waals surface area (Å²) in [5.41, 5.74) is 0.544. The minimum absolute atomic E-state index is 0.0137. The van der Waals surface area contributed by atoms with Crippen LogP contribution in [0.4, 0.5) is 4.39 Å². The van der Waals surface area contributed by atoms with Gasteiger partial charge in [-0.2, -0.15) is 0 Å². The first-order valence-corrected chi connectivity index (χ1v) is 11.9. The Bertz CT molecular complexity index is 1010. The van der Waals surface area contributed by atoms with Crippen molar-refractivity contribution in [3.8, 4) is 11.3 Å². The molecule has 7 nitrogen and oxygen atoms in total. The van der Waals surface area contributed by atoms with Crippen LogP contribution in [0.3, 0.4) is 0 Å². The fourth-order valence-electron chi connectivity index (χ4n) is 4.95. The summed E-state index contributed by atoms with van der Waals surface area (Å²) >= 11 is 6.09. The molecule has 0 radical (unpaired) electrons. The highest BCUT2D eigenvalue weighted by molar-refractivity contribution is 6.33. The fraction of sp³-hybridized carbons (Fsp3) is 0.542. The number of nitrogens with zero attached hydrogens (tertiary/aromatic N) is 3. The maximum absolute atomic E-state index is 13.3. The van der Waals surface area contributed by atoms with E-state index < -0.39 is 11.7 Å². The number of hydrogen-bond donors (Lipinski definition) is 1. The molecule has 1 N–H and O–H groups in total. The maximum Gasteiger partial charge on any atom is 0.273 e. The van der Waals surface area contributed by atoms with Gasteiger partial charge in [0.2, 0.25) is 5.91 Å². The van der Waals surface area contributed by atoms with E-state index in [1.165, 1.54) is 56.4 Å². The molecule has 2 heterocycles. The largest absolute Gasteiger partial charge is 0.355 e. The number of carbonyl (C=O) groups excluding carboxylic acids is 2. The Hall–Kier alpha value is -2.45. The smallest absolute Gasteiger partial charge is 0.273 e. The normalized spacial score (nSPS) is 22.2. The second kappa shape index (κ2) is 10.2. The van der Waals surface area contributed by atoms with E-state index in [1.807, 2.05) is 0 Å². The summed E-state index contributed by atoms with van der Waals surface area (Å²) < 4.78 is 18.6. The van der Waals surface area contributed by atoms with E-state index in [4.69, 9.17) is 16.1 Å². The van der Waals surface area contributed by atoms with Crippen LogP contribution in [0, 0.1) is 11.7 Å². The molecule has 2 atom stereocenters. The highest BCUT2D eigenvalue weighted by Crippen LogP contribution is 2.30.